The molecule has 1 saturated heterocycles. The van der Waals surface area contributed by atoms with Gasteiger partial charge in [-0.25, -0.2) is 13.1 Å². The van der Waals surface area contributed by atoms with Gasteiger partial charge in [0.1, 0.15) is 0 Å². The van der Waals surface area contributed by atoms with Gasteiger partial charge in [-0.2, -0.15) is 0 Å². The topological polar surface area (TPSA) is 75.6 Å². The molecule has 2 aliphatic carbocycles. The van der Waals surface area contributed by atoms with Crippen molar-refractivity contribution >= 4 is 10.0 Å². The third-order valence-corrected chi connectivity index (χ3v) is 6.56. The van der Waals surface area contributed by atoms with E-state index in [1.54, 1.807) is 0 Å². The van der Waals surface area contributed by atoms with Crippen LogP contribution < -0.4 is 4.72 Å². The highest BCUT2D eigenvalue weighted by Crippen LogP contribution is 2.56. The molecular weight excluding hydrogens is 266 g/mol. The largest absolute Gasteiger partial charge is 0.392 e. The Kier molecular flexibility index (Phi) is 3.62. The number of rotatable bonds is 4. The molecule has 3 atom stereocenters. The lowest BCUT2D eigenvalue weighted by Crippen LogP contribution is -2.67. The molecule has 110 valence electrons. The zero-order valence-corrected chi connectivity index (χ0v) is 12.0. The Morgan fingerprint density at radius 1 is 1.26 bits per heavy atom. The number of nitrogens with one attached hydrogen (secondary N) is 1. The first-order valence-electron chi connectivity index (χ1n) is 7.31. The van der Waals surface area contributed by atoms with Crippen LogP contribution in [0.5, 0.6) is 0 Å². The fraction of sp³-hybridized carbons (Fsp3) is 1.00. The van der Waals surface area contributed by atoms with E-state index in [4.69, 9.17) is 4.74 Å². The van der Waals surface area contributed by atoms with Crippen LogP contribution in [-0.2, 0) is 14.8 Å². The van der Waals surface area contributed by atoms with Gasteiger partial charge in [0.25, 0.3) is 0 Å². The number of hydrogen-bond acceptors (Lipinski definition) is 4. The molecule has 1 heterocycles. The Labute approximate surface area is 114 Å². The Morgan fingerprint density at radius 2 is 2.05 bits per heavy atom. The minimum absolute atomic E-state index is 0.0650. The third kappa shape index (κ3) is 2.55. The van der Waals surface area contributed by atoms with E-state index in [2.05, 4.69) is 4.72 Å². The molecule has 0 bridgehead atoms. The summed E-state index contributed by atoms with van der Waals surface area (Å²) in [5.74, 6) is 0.0652. The SMILES string of the molecule is O=S(=O)(CC1CCCCO1)NC1CC(O)C12CCC2. The van der Waals surface area contributed by atoms with E-state index in [9.17, 15) is 13.5 Å². The zero-order chi connectivity index (χ0) is 13.5. The van der Waals surface area contributed by atoms with Crippen LogP contribution in [0.25, 0.3) is 0 Å². The molecule has 2 N–H and O–H groups in total. The van der Waals surface area contributed by atoms with Crippen LogP contribution in [0.2, 0.25) is 0 Å². The lowest BCUT2D eigenvalue weighted by molar-refractivity contribution is -0.138. The molecule has 1 spiro atoms. The summed E-state index contributed by atoms with van der Waals surface area (Å²) in [6.07, 6.45) is 5.98. The molecule has 3 unspecified atom stereocenters. The zero-order valence-electron chi connectivity index (χ0n) is 11.2. The highest BCUT2D eigenvalue weighted by Gasteiger charge is 2.58. The van der Waals surface area contributed by atoms with Crippen LogP contribution in [0.3, 0.4) is 0 Å². The van der Waals surface area contributed by atoms with Crippen LogP contribution in [0.1, 0.15) is 44.9 Å². The number of ether oxygens (including phenoxy) is 1. The first-order chi connectivity index (χ1) is 9.02. The second-order valence-electron chi connectivity index (χ2n) is 6.28. The van der Waals surface area contributed by atoms with Crippen molar-refractivity contribution in [3.05, 3.63) is 0 Å². The van der Waals surface area contributed by atoms with Crippen molar-refractivity contribution in [3.8, 4) is 0 Å². The number of hydrogen-bond donors (Lipinski definition) is 2. The summed E-state index contributed by atoms with van der Waals surface area (Å²) in [6.45, 7) is 0.673. The molecule has 3 fully saturated rings. The summed E-state index contributed by atoms with van der Waals surface area (Å²) >= 11 is 0. The Balaban J connectivity index is 1.56. The fourth-order valence-corrected chi connectivity index (χ4v) is 5.26. The summed E-state index contributed by atoms with van der Waals surface area (Å²) in [5, 5.41) is 9.85. The molecule has 3 aliphatic rings. The monoisotopic (exact) mass is 289 g/mol. The Bertz CT molecular complexity index is 426. The highest BCUT2D eigenvalue weighted by atomic mass is 32.2. The molecule has 0 radical (unpaired) electrons. The summed E-state index contributed by atoms with van der Waals surface area (Å²) < 4.78 is 32.6. The predicted octanol–water partition coefficient (Wildman–Crippen LogP) is 0.778. The lowest BCUT2D eigenvalue weighted by atomic mass is 9.51. The average Bonchev–Trinajstić information content (AvgIpc) is 2.26. The van der Waals surface area contributed by atoms with Gasteiger partial charge in [0, 0.05) is 18.1 Å². The van der Waals surface area contributed by atoms with Gasteiger partial charge in [-0.3, -0.25) is 0 Å². The maximum absolute atomic E-state index is 12.2. The van der Waals surface area contributed by atoms with Crippen molar-refractivity contribution in [1.82, 2.24) is 4.72 Å². The van der Waals surface area contributed by atoms with Crippen LogP contribution in [0.4, 0.5) is 0 Å². The maximum atomic E-state index is 12.2. The minimum Gasteiger partial charge on any atom is -0.392 e. The maximum Gasteiger partial charge on any atom is 0.214 e. The molecule has 0 aromatic heterocycles. The van der Waals surface area contributed by atoms with Crippen LogP contribution in [0, 0.1) is 5.41 Å². The Hall–Kier alpha value is -0.170. The molecular formula is C13H23NO4S. The summed E-state index contributed by atoms with van der Waals surface area (Å²) in [5.41, 5.74) is -0.152. The van der Waals surface area contributed by atoms with E-state index in [-0.39, 0.29) is 29.4 Å². The summed E-state index contributed by atoms with van der Waals surface area (Å²) in [4.78, 5) is 0. The quantitative estimate of drug-likeness (QED) is 0.802. The summed E-state index contributed by atoms with van der Waals surface area (Å²) in [6, 6.07) is -0.0650. The van der Waals surface area contributed by atoms with E-state index >= 15 is 0 Å². The number of aliphatic hydroxyl groups excluding tert-OH is 1. The van der Waals surface area contributed by atoms with Crippen molar-refractivity contribution < 1.29 is 18.3 Å². The lowest BCUT2D eigenvalue weighted by Gasteiger charge is -2.59. The van der Waals surface area contributed by atoms with Crippen molar-refractivity contribution in [3.63, 3.8) is 0 Å². The molecule has 6 heteroatoms. The second kappa shape index (κ2) is 4.98. The molecule has 2 saturated carbocycles. The van der Waals surface area contributed by atoms with Gasteiger partial charge in [0.05, 0.1) is 18.0 Å². The number of sulfonamides is 1. The van der Waals surface area contributed by atoms with Crippen molar-refractivity contribution in [2.75, 3.05) is 12.4 Å². The minimum atomic E-state index is -3.30. The third-order valence-electron chi connectivity index (χ3n) is 5.10. The van der Waals surface area contributed by atoms with Crippen molar-refractivity contribution in [2.45, 2.75) is 63.2 Å². The van der Waals surface area contributed by atoms with E-state index in [1.165, 1.54) is 0 Å². The van der Waals surface area contributed by atoms with E-state index in [1.807, 2.05) is 0 Å². The van der Waals surface area contributed by atoms with Crippen LogP contribution >= 0.6 is 0 Å². The predicted molar refractivity (Wildman–Crippen MR) is 71.2 cm³/mol. The normalized spacial score (nSPS) is 37.6. The van der Waals surface area contributed by atoms with Gasteiger partial charge in [-0.05, 0) is 38.5 Å². The van der Waals surface area contributed by atoms with Gasteiger partial charge in [0.15, 0.2) is 0 Å². The van der Waals surface area contributed by atoms with Gasteiger partial charge >= 0.3 is 0 Å². The smallest absolute Gasteiger partial charge is 0.214 e. The first kappa shape index (κ1) is 13.8. The van der Waals surface area contributed by atoms with Crippen LogP contribution in [0.15, 0.2) is 0 Å². The average molecular weight is 289 g/mol. The standard InChI is InChI=1S/C13H23NO4S/c15-12-8-11(13(12)5-3-6-13)14-19(16,17)9-10-4-1-2-7-18-10/h10-12,14-15H,1-9H2. The second-order valence-corrected chi connectivity index (χ2v) is 8.08. The molecule has 0 amide bonds. The first-order valence-corrected chi connectivity index (χ1v) is 8.97. The highest BCUT2D eigenvalue weighted by molar-refractivity contribution is 7.89. The van der Waals surface area contributed by atoms with Crippen LogP contribution in [-0.4, -0.2) is 44.1 Å². The van der Waals surface area contributed by atoms with E-state index < -0.39 is 10.0 Å². The molecule has 19 heavy (non-hydrogen) atoms. The molecule has 0 aromatic rings. The van der Waals surface area contributed by atoms with E-state index in [0.717, 1.165) is 38.5 Å². The van der Waals surface area contributed by atoms with Gasteiger partial charge in [0.2, 0.25) is 10.0 Å². The van der Waals surface area contributed by atoms with Crippen molar-refractivity contribution in [2.24, 2.45) is 5.41 Å². The molecule has 5 nitrogen and oxygen atoms in total. The van der Waals surface area contributed by atoms with Gasteiger partial charge in [-0.1, -0.05) is 6.42 Å². The fourth-order valence-electron chi connectivity index (χ4n) is 3.65. The van der Waals surface area contributed by atoms with Crippen molar-refractivity contribution in [1.29, 1.82) is 0 Å². The molecule has 1 aliphatic heterocycles. The van der Waals surface area contributed by atoms with Gasteiger partial charge < -0.3 is 9.84 Å². The Morgan fingerprint density at radius 3 is 2.58 bits per heavy atom. The summed E-state index contributed by atoms with van der Waals surface area (Å²) in [7, 11) is -3.30. The molecule has 3 rings (SSSR count). The van der Waals surface area contributed by atoms with E-state index in [0.29, 0.717) is 13.0 Å². The molecule has 0 aromatic carbocycles. The van der Waals surface area contributed by atoms with Gasteiger partial charge in [-0.15, -0.1) is 0 Å². The number of aliphatic hydroxyl groups is 1.